The van der Waals surface area contributed by atoms with E-state index in [4.69, 9.17) is 4.74 Å². The van der Waals surface area contributed by atoms with Crippen molar-refractivity contribution in [3.63, 3.8) is 0 Å². The Balaban J connectivity index is 1.69. The number of ether oxygens (including phenoxy) is 1. The zero-order valence-electron chi connectivity index (χ0n) is 18.2. The highest BCUT2D eigenvalue weighted by Gasteiger charge is 2.24. The number of sulfonamides is 1. The number of aryl methyl sites for hydroxylation is 3. The Labute approximate surface area is 187 Å². The molecule has 0 bridgehead atoms. The lowest BCUT2D eigenvalue weighted by Crippen LogP contribution is -2.30. The molecular formula is C22H28N2O5S2. The van der Waals surface area contributed by atoms with Crippen molar-refractivity contribution >= 4 is 38.9 Å². The number of anilines is 1. The first-order valence-corrected chi connectivity index (χ1v) is 12.5. The van der Waals surface area contributed by atoms with E-state index in [-0.39, 0.29) is 4.90 Å². The van der Waals surface area contributed by atoms with Crippen LogP contribution in [-0.4, -0.2) is 44.8 Å². The minimum absolute atomic E-state index is 0.0723. The number of thiophene rings is 1. The Morgan fingerprint density at radius 3 is 2.55 bits per heavy atom. The van der Waals surface area contributed by atoms with Crippen molar-refractivity contribution in [1.82, 2.24) is 4.31 Å². The fourth-order valence-electron chi connectivity index (χ4n) is 3.38. The minimum Gasteiger partial charge on any atom is -0.448 e. The molecule has 0 fully saturated rings. The molecule has 1 aromatic carbocycles. The molecule has 0 spiro atoms. The highest BCUT2D eigenvalue weighted by molar-refractivity contribution is 7.89. The Bertz CT molecular complexity index is 1070. The Morgan fingerprint density at radius 1 is 1.13 bits per heavy atom. The third kappa shape index (κ3) is 5.34. The number of nitrogens with zero attached hydrogens (tertiary/aromatic N) is 1. The summed E-state index contributed by atoms with van der Waals surface area (Å²) >= 11 is 1.45. The van der Waals surface area contributed by atoms with Crippen molar-refractivity contribution in [2.45, 2.75) is 57.0 Å². The molecular weight excluding hydrogens is 436 g/mol. The number of nitrogens with one attached hydrogen (secondary N) is 1. The highest BCUT2D eigenvalue weighted by Crippen LogP contribution is 2.29. The normalized spacial score (nSPS) is 15.1. The summed E-state index contributed by atoms with van der Waals surface area (Å²) in [5.74, 6) is -1.03. The van der Waals surface area contributed by atoms with Gasteiger partial charge < -0.3 is 10.1 Å². The predicted molar refractivity (Wildman–Crippen MR) is 121 cm³/mol. The summed E-state index contributed by atoms with van der Waals surface area (Å²) in [6.45, 7) is 3.26. The summed E-state index contributed by atoms with van der Waals surface area (Å²) in [6.07, 6.45) is 4.38. The van der Waals surface area contributed by atoms with Gasteiger partial charge in [-0.1, -0.05) is 12.5 Å². The van der Waals surface area contributed by atoms with Crippen molar-refractivity contribution in [3.05, 3.63) is 45.1 Å². The number of hydrogen-bond donors (Lipinski definition) is 1. The Hall–Kier alpha value is -2.23. The number of benzene rings is 1. The summed E-state index contributed by atoms with van der Waals surface area (Å²) in [5.41, 5.74) is 2.27. The molecule has 2 aromatic rings. The second kappa shape index (κ2) is 9.50. The fourth-order valence-corrected chi connectivity index (χ4v) is 5.45. The van der Waals surface area contributed by atoms with Crippen molar-refractivity contribution in [2.24, 2.45) is 0 Å². The van der Waals surface area contributed by atoms with Gasteiger partial charge in [0, 0.05) is 24.7 Å². The number of fused-ring (bicyclic) bond motifs is 1. The van der Waals surface area contributed by atoms with Gasteiger partial charge in [-0.15, -0.1) is 11.3 Å². The summed E-state index contributed by atoms with van der Waals surface area (Å²) in [4.78, 5) is 27.0. The fraction of sp³-hybridized carbons (Fsp3) is 0.455. The van der Waals surface area contributed by atoms with Gasteiger partial charge in [-0.05, 0) is 68.9 Å². The molecule has 0 saturated carbocycles. The van der Waals surface area contributed by atoms with Gasteiger partial charge in [0.2, 0.25) is 10.0 Å². The lowest BCUT2D eigenvalue weighted by Gasteiger charge is -2.16. The quantitative estimate of drug-likeness (QED) is 0.519. The van der Waals surface area contributed by atoms with Gasteiger partial charge in [-0.25, -0.2) is 17.5 Å². The first-order chi connectivity index (χ1) is 14.6. The number of hydrogen-bond acceptors (Lipinski definition) is 6. The molecule has 9 heteroatoms. The van der Waals surface area contributed by atoms with Crippen molar-refractivity contribution in [1.29, 1.82) is 0 Å². The number of rotatable bonds is 6. The molecule has 1 N–H and O–H groups in total. The maximum atomic E-state index is 12.6. The van der Waals surface area contributed by atoms with Crippen LogP contribution in [0.15, 0.2) is 29.2 Å². The Morgan fingerprint density at radius 2 is 1.84 bits per heavy atom. The van der Waals surface area contributed by atoms with Crippen LogP contribution in [-0.2, 0) is 32.4 Å². The van der Waals surface area contributed by atoms with E-state index in [9.17, 15) is 18.0 Å². The molecule has 168 valence electrons. The molecule has 1 aliphatic carbocycles. The zero-order valence-corrected chi connectivity index (χ0v) is 19.9. The third-order valence-corrected chi connectivity index (χ3v) is 8.37. The largest absolute Gasteiger partial charge is 0.448 e. The number of carbonyl (C=O) groups excluding carboxylic acids is 2. The van der Waals surface area contributed by atoms with Crippen LogP contribution in [0, 0.1) is 6.92 Å². The van der Waals surface area contributed by atoms with E-state index in [0.29, 0.717) is 16.1 Å². The van der Waals surface area contributed by atoms with Crippen LogP contribution in [0.5, 0.6) is 0 Å². The summed E-state index contributed by atoms with van der Waals surface area (Å²) in [7, 11) is -0.746. The molecule has 1 heterocycles. The third-order valence-electron chi connectivity index (χ3n) is 5.35. The summed E-state index contributed by atoms with van der Waals surface area (Å²) < 4.78 is 31.2. The summed E-state index contributed by atoms with van der Waals surface area (Å²) in [5, 5.41) is 2.68. The lowest BCUT2D eigenvalue weighted by molar-refractivity contribution is -0.123. The van der Waals surface area contributed by atoms with Crippen molar-refractivity contribution in [3.8, 4) is 0 Å². The van der Waals surface area contributed by atoms with E-state index in [2.05, 4.69) is 5.32 Å². The molecule has 7 nitrogen and oxygen atoms in total. The molecule has 1 aliphatic rings. The standard InChI is InChI=1S/C22H28N2O5S2/c1-14-10-11-17(31(27,28)24(3)4)13-18(14)23-21(25)15(2)29-22(26)20-12-16-8-6-5-7-9-19(16)30-20/h10-13,15H,5-9H2,1-4H3,(H,23,25). The van der Waals surface area contributed by atoms with Gasteiger partial charge in [0.15, 0.2) is 6.10 Å². The second-order valence-electron chi connectivity index (χ2n) is 7.92. The van der Waals surface area contributed by atoms with Crippen molar-refractivity contribution < 1.29 is 22.7 Å². The molecule has 3 rings (SSSR count). The van der Waals surface area contributed by atoms with Crippen LogP contribution >= 0.6 is 11.3 Å². The van der Waals surface area contributed by atoms with Gasteiger partial charge in [-0.3, -0.25) is 4.79 Å². The number of carbonyl (C=O) groups is 2. The molecule has 1 amide bonds. The van der Waals surface area contributed by atoms with Gasteiger partial charge in [0.05, 0.1) is 4.90 Å². The topological polar surface area (TPSA) is 92.8 Å². The first kappa shape index (κ1) is 23.4. The average molecular weight is 465 g/mol. The van der Waals surface area contributed by atoms with Crippen LogP contribution in [0.2, 0.25) is 0 Å². The second-order valence-corrected chi connectivity index (χ2v) is 11.2. The highest BCUT2D eigenvalue weighted by atomic mass is 32.2. The van der Waals surface area contributed by atoms with Crippen LogP contribution < -0.4 is 5.32 Å². The van der Waals surface area contributed by atoms with E-state index in [1.165, 1.54) is 61.4 Å². The van der Waals surface area contributed by atoms with Gasteiger partial charge in [0.1, 0.15) is 4.88 Å². The SMILES string of the molecule is Cc1ccc(S(=O)(=O)N(C)C)cc1NC(=O)C(C)OC(=O)c1cc2c(s1)CCCCC2. The van der Waals surface area contributed by atoms with E-state index >= 15 is 0 Å². The van der Waals surface area contributed by atoms with Gasteiger partial charge in [-0.2, -0.15) is 0 Å². The molecule has 0 radical (unpaired) electrons. The van der Waals surface area contributed by atoms with E-state index in [1.807, 2.05) is 6.07 Å². The molecule has 0 aliphatic heterocycles. The van der Waals surface area contributed by atoms with Gasteiger partial charge >= 0.3 is 5.97 Å². The molecule has 0 saturated heterocycles. The average Bonchev–Trinajstić information content (AvgIpc) is 3.00. The minimum atomic E-state index is -3.63. The Kier molecular flexibility index (Phi) is 7.18. The zero-order chi connectivity index (χ0) is 22.8. The van der Waals surface area contributed by atoms with Crippen LogP contribution in [0.1, 0.15) is 51.9 Å². The molecule has 1 unspecified atom stereocenters. The van der Waals surface area contributed by atoms with Crippen LogP contribution in [0.3, 0.4) is 0 Å². The number of esters is 1. The maximum absolute atomic E-state index is 12.6. The summed E-state index contributed by atoms with van der Waals surface area (Å²) in [6, 6.07) is 6.41. The number of amides is 1. The lowest BCUT2D eigenvalue weighted by atomic mass is 10.1. The van der Waals surface area contributed by atoms with E-state index in [0.717, 1.165) is 30.0 Å². The molecule has 1 aromatic heterocycles. The van der Waals surface area contributed by atoms with E-state index in [1.54, 1.807) is 13.0 Å². The smallest absolute Gasteiger partial charge is 0.349 e. The first-order valence-electron chi connectivity index (χ1n) is 10.3. The van der Waals surface area contributed by atoms with Crippen LogP contribution in [0.4, 0.5) is 5.69 Å². The van der Waals surface area contributed by atoms with Crippen molar-refractivity contribution in [2.75, 3.05) is 19.4 Å². The maximum Gasteiger partial charge on any atom is 0.349 e. The predicted octanol–water partition coefficient (Wildman–Crippen LogP) is 3.76. The molecule has 31 heavy (non-hydrogen) atoms. The monoisotopic (exact) mass is 464 g/mol. The van der Waals surface area contributed by atoms with E-state index < -0.39 is 28.0 Å². The van der Waals surface area contributed by atoms with Gasteiger partial charge in [0.25, 0.3) is 5.91 Å². The van der Waals surface area contributed by atoms with Crippen LogP contribution in [0.25, 0.3) is 0 Å². The molecule has 1 atom stereocenters.